The maximum absolute atomic E-state index is 12.8. The molecule has 0 saturated carbocycles. The number of aryl methyl sites for hydroxylation is 1. The van der Waals surface area contributed by atoms with E-state index >= 15 is 0 Å². The maximum atomic E-state index is 12.8. The van der Waals surface area contributed by atoms with Gasteiger partial charge in [0.15, 0.2) is 0 Å². The molecule has 2 aliphatic heterocycles. The van der Waals surface area contributed by atoms with Gasteiger partial charge in [-0.05, 0) is 37.1 Å². The Hall–Kier alpha value is -1.80. The first-order valence-electron chi connectivity index (χ1n) is 9.18. The molecule has 27 heavy (non-hydrogen) atoms. The zero-order valence-corrected chi connectivity index (χ0v) is 16.2. The van der Waals surface area contributed by atoms with Gasteiger partial charge >= 0.3 is 0 Å². The molecule has 0 amide bonds. The number of ether oxygens (including phenoxy) is 2. The molecule has 2 aliphatic rings. The molecule has 0 radical (unpaired) electrons. The van der Waals surface area contributed by atoms with Crippen molar-refractivity contribution < 1.29 is 17.9 Å². The van der Waals surface area contributed by atoms with Crippen LogP contribution in [-0.4, -0.2) is 49.1 Å². The number of hydrogen-bond acceptors (Lipinski definition) is 5. The first kappa shape index (κ1) is 18.6. The third-order valence-corrected chi connectivity index (χ3v) is 7.05. The molecule has 1 aromatic heterocycles. The smallest absolute Gasteiger partial charge is 0.243 e. The molecular weight excluding hydrogens is 364 g/mol. The summed E-state index contributed by atoms with van der Waals surface area (Å²) in [4.78, 5) is 4.43. The van der Waals surface area contributed by atoms with Crippen LogP contribution in [0.3, 0.4) is 0 Å². The molecule has 1 atom stereocenters. The lowest BCUT2D eigenvalue weighted by Crippen LogP contribution is -2.67. The number of aromatic nitrogens is 1. The highest BCUT2D eigenvalue weighted by atomic mass is 32.2. The van der Waals surface area contributed by atoms with E-state index in [1.54, 1.807) is 24.5 Å². The summed E-state index contributed by atoms with van der Waals surface area (Å²) >= 11 is 0. The molecule has 1 spiro atoms. The van der Waals surface area contributed by atoms with Gasteiger partial charge in [-0.2, -0.15) is 4.31 Å². The lowest BCUT2D eigenvalue weighted by Gasteiger charge is -2.52. The molecule has 0 aliphatic carbocycles. The van der Waals surface area contributed by atoms with Gasteiger partial charge in [-0.1, -0.05) is 23.8 Å². The van der Waals surface area contributed by atoms with Gasteiger partial charge < -0.3 is 9.47 Å². The molecule has 3 heterocycles. The molecule has 6 nitrogen and oxygen atoms in total. The van der Waals surface area contributed by atoms with Crippen LogP contribution >= 0.6 is 0 Å². The summed E-state index contributed by atoms with van der Waals surface area (Å²) in [6, 6.07) is 10.9. The van der Waals surface area contributed by atoms with Crippen molar-refractivity contribution in [3.63, 3.8) is 0 Å². The molecule has 7 heteroatoms. The minimum Gasteiger partial charge on any atom is -0.373 e. The Morgan fingerprint density at radius 3 is 2.74 bits per heavy atom. The van der Waals surface area contributed by atoms with Crippen molar-refractivity contribution in [1.29, 1.82) is 0 Å². The highest BCUT2D eigenvalue weighted by molar-refractivity contribution is 7.89. The van der Waals surface area contributed by atoms with Crippen LogP contribution in [0.2, 0.25) is 0 Å². The number of hydrogen-bond donors (Lipinski definition) is 0. The Morgan fingerprint density at radius 2 is 2.04 bits per heavy atom. The molecule has 0 N–H and O–H groups in total. The third kappa shape index (κ3) is 3.91. The largest absolute Gasteiger partial charge is 0.373 e. The van der Waals surface area contributed by atoms with Crippen LogP contribution in [0.15, 0.2) is 53.7 Å². The second-order valence-corrected chi connectivity index (χ2v) is 9.34. The second-order valence-electron chi connectivity index (χ2n) is 7.40. The molecule has 4 rings (SSSR count). The Kier molecular flexibility index (Phi) is 5.03. The van der Waals surface area contributed by atoms with E-state index in [9.17, 15) is 8.42 Å². The SMILES string of the molecule is Cc1ccc(S(=O)(=O)N2CC3(C[C@H](OCc4cccnc4)CCO3)C2)cc1. The predicted molar refractivity (Wildman–Crippen MR) is 101 cm³/mol. The normalized spacial score (nSPS) is 22.5. The van der Waals surface area contributed by atoms with Crippen molar-refractivity contribution in [3.8, 4) is 0 Å². The van der Waals surface area contributed by atoms with Crippen LogP contribution in [0.25, 0.3) is 0 Å². The molecule has 0 bridgehead atoms. The number of benzene rings is 1. The summed E-state index contributed by atoms with van der Waals surface area (Å²) in [6.45, 7) is 3.82. The van der Waals surface area contributed by atoms with Gasteiger partial charge in [-0.3, -0.25) is 4.98 Å². The zero-order valence-electron chi connectivity index (χ0n) is 15.4. The van der Waals surface area contributed by atoms with E-state index in [0.29, 0.717) is 37.6 Å². The molecular formula is C20H24N2O4S. The van der Waals surface area contributed by atoms with Crippen LogP contribution < -0.4 is 0 Å². The summed E-state index contributed by atoms with van der Waals surface area (Å²) in [5, 5.41) is 0. The summed E-state index contributed by atoms with van der Waals surface area (Å²) in [6.07, 6.45) is 5.15. The van der Waals surface area contributed by atoms with Crippen molar-refractivity contribution >= 4 is 10.0 Å². The topological polar surface area (TPSA) is 68.7 Å². The number of rotatable bonds is 5. The van der Waals surface area contributed by atoms with Gasteiger partial charge in [0.1, 0.15) is 0 Å². The minimum atomic E-state index is -3.46. The quantitative estimate of drug-likeness (QED) is 0.787. The van der Waals surface area contributed by atoms with E-state index < -0.39 is 15.6 Å². The highest BCUT2D eigenvalue weighted by Crippen LogP contribution is 2.38. The fourth-order valence-corrected chi connectivity index (χ4v) is 5.26. The van der Waals surface area contributed by atoms with Gasteiger partial charge in [-0.25, -0.2) is 8.42 Å². The summed E-state index contributed by atoms with van der Waals surface area (Å²) < 4.78 is 39.0. The van der Waals surface area contributed by atoms with Crippen LogP contribution in [-0.2, 0) is 26.1 Å². The van der Waals surface area contributed by atoms with Crippen LogP contribution in [0.1, 0.15) is 24.0 Å². The van der Waals surface area contributed by atoms with Crippen molar-refractivity contribution in [3.05, 3.63) is 59.9 Å². The Bertz CT molecular complexity index is 878. The zero-order chi connectivity index (χ0) is 18.9. The number of pyridine rings is 1. The van der Waals surface area contributed by atoms with Gasteiger partial charge in [-0.15, -0.1) is 0 Å². The van der Waals surface area contributed by atoms with E-state index in [-0.39, 0.29) is 6.10 Å². The fraction of sp³-hybridized carbons (Fsp3) is 0.450. The van der Waals surface area contributed by atoms with E-state index in [1.165, 1.54) is 4.31 Å². The highest BCUT2D eigenvalue weighted by Gasteiger charge is 2.52. The lowest BCUT2D eigenvalue weighted by molar-refractivity contribution is -0.180. The third-order valence-electron chi connectivity index (χ3n) is 5.24. The Labute approximate surface area is 160 Å². The summed E-state index contributed by atoms with van der Waals surface area (Å²) in [5.74, 6) is 0. The number of sulfonamides is 1. The van der Waals surface area contributed by atoms with Crippen LogP contribution in [0.5, 0.6) is 0 Å². The summed E-state index contributed by atoms with van der Waals surface area (Å²) in [5.41, 5.74) is 1.66. The Morgan fingerprint density at radius 1 is 1.26 bits per heavy atom. The Balaban J connectivity index is 1.36. The average Bonchev–Trinajstić information content (AvgIpc) is 2.66. The second kappa shape index (κ2) is 7.31. The monoisotopic (exact) mass is 388 g/mol. The first-order chi connectivity index (χ1) is 13.0. The molecule has 2 saturated heterocycles. The minimum absolute atomic E-state index is 0.0724. The lowest BCUT2D eigenvalue weighted by atomic mass is 9.86. The number of nitrogens with zero attached hydrogens (tertiary/aromatic N) is 2. The van der Waals surface area contributed by atoms with Crippen molar-refractivity contribution in [2.75, 3.05) is 19.7 Å². The predicted octanol–water partition coefficient (Wildman–Crippen LogP) is 2.53. The van der Waals surface area contributed by atoms with Crippen molar-refractivity contribution in [1.82, 2.24) is 9.29 Å². The molecule has 2 fully saturated rings. The molecule has 0 unspecified atom stereocenters. The molecule has 144 valence electrons. The van der Waals surface area contributed by atoms with E-state index in [1.807, 2.05) is 31.2 Å². The molecule has 1 aromatic carbocycles. The first-order valence-corrected chi connectivity index (χ1v) is 10.6. The van der Waals surface area contributed by atoms with Gasteiger partial charge in [0.05, 0.1) is 23.2 Å². The van der Waals surface area contributed by atoms with E-state index in [0.717, 1.165) is 17.5 Å². The van der Waals surface area contributed by atoms with Crippen LogP contribution in [0.4, 0.5) is 0 Å². The van der Waals surface area contributed by atoms with Crippen molar-refractivity contribution in [2.45, 2.75) is 43.0 Å². The standard InChI is InChI=1S/C20H24N2O4S/c1-16-4-6-19(7-5-16)27(23,24)22-14-20(15-22)11-18(8-10-26-20)25-13-17-3-2-9-21-12-17/h2-7,9,12,18H,8,10-11,13-15H2,1H3/t18-/m1/s1. The van der Waals surface area contributed by atoms with Gasteiger partial charge in [0.2, 0.25) is 10.0 Å². The van der Waals surface area contributed by atoms with Crippen LogP contribution in [0, 0.1) is 6.92 Å². The molecule has 2 aromatic rings. The van der Waals surface area contributed by atoms with E-state index in [4.69, 9.17) is 9.47 Å². The van der Waals surface area contributed by atoms with Crippen molar-refractivity contribution in [2.24, 2.45) is 0 Å². The fourth-order valence-electron chi connectivity index (χ4n) is 3.67. The van der Waals surface area contributed by atoms with E-state index in [2.05, 4.69) is 4.98 Å². The van der Waals surface area contributed by atoms with Gasteiger partial charge in [0.25, 0.3) is 0 Å². The van der Waals surface area contributed by atoms with Gasteiger partial charge in [0, 0.05) is 38.5 Å². The maximum Gasteiger partial charge on any atom is 0.243 e. The average molecular weight is 388 g/mol. The summed E-state index contributed by atoms with van der Waals surface area (Å²) in [7, 11) is -3.46.